The lowest BCUT2D eigenvalue weighted by atomic mass is 10.0. The second kappa shape index (κ2) is 8.67. The Morgan fingerprint density at radius 3 is 2.46 bits per heavy atom. The molecule has 37 heavy (non-hydrogen) atoms. The van der Waals surface area contributed by atoms with E-state index in [4.69, 9.17) is 5.73 Å². The van der Waals surface area contributed by atoms with Crippen molar-refractivity contribution in [3.05, 3.63) is 90.9 Å². The van der Waals surface area contributed by atoms with E-state index >= 15 is 0 Å². The number of hydrogen-bond acceptors (Lipinski definition) is 5. The molecule has 0 saturated heterocycles. The highest BCUT2D eigenvalue weighted by Crippen LogP contribution is 2.34. The van der Waals surface area contributed by atoms with Gasteiger partial charge in [-0.2, -0.15) is 0 Å². The van der Waals surface area contributed by atoms with E-state index in [1.54, 1.807) is 41.4 Å². The molecule has 2 aromatic heterocycles. The van der Waals surface area contributed by atoms with Crippen LogP contribution in [0.25, 0.3) is 39.0 Å². The second-order valence-corrected chi connectivity index (χ2v) is 11.0. The van der Waals surface area contributed by atoms with Crippen LogP contribution >= 0.6 is 0 Å². The zero-order valence-corrected chi connectivity index (χ0v) is 20.2. The molecule has 1 aliphatic carbocycles. The Labute approximate surface area is 211 Å². The average Bonchev–Trinajstić information content (AvgIpc) is 3.64. The number of pyridine rings is 1. The number of aromatic nitrogens is 3. The predicted octanol–water partition coefficient (Wildman–Crippen LogP) is 5.52. The van der Waals surface area contributed by atoms with Gasteiger partial charge in [0.05, 0.1) is 22.0 Å². The van der Waals surface area contributed by atoms with Gasteiger partial charge in [-0.05, 0) is 84.1 Å². The molecular weight excluding hydrogens is 496 g/mol. The molecule has 3 N–H and O–H groups in total. The number of nitrogens with two attached hydrogens (primary N) is 1. The van der Waals surface area contributed by atoms with E-state index in [1.807, 2.05) is 24.3 Å². The van der Waals surface area contributed by atoms with E-state index in [0.29, 0.717) is 35.4 Å². The predicted molar refractivity (Wildman–Crippen MR) is 140 cm³/mol. The minimum atomic E-state index is -3.57. The summed E-state index contributed by atoms with van der Waals surface area (Å²) in [7, 11) is -3.57. The number of sulfonamides is 1. The normalized spacial score (nSPS) is 13.7. The third-order valence-electron chi connectivity index (χ3n) is 6.32. The minimum Gasteiger partial charge on any atom is -0.384 e. The summed E-state index contributed by atoms with van der Waals surface area (Å²) in [5.41, 5.74) is 10.5. The number of imidazole rings is 1. The monoisotopic (exact) mass is 517 g/mol. The fraction of sp³-hybridized carbons (Fsp3) is 0.111. The lowest BCUT2D eigenvalue weighted by Gasteiger charge is -2.14. The Bertz CT molecular complexity index is 1780. The number of rotatable bonds is 6. The molecule has 1 saturated carbocycles. The smallest absolute Gasteiger partial charge is 0.235 e. The molecule has 3 aromatic carbocycles. The Hall–Kier alpha value is -4.31. The highest BCUT2D eigenvalue weighted by molar-refractivity contribution is 7.93. The molecule has 0 radical (unpaired) electrons. The number of anilines is 2. The molecule has 7 nitrogen and oxygen atoms in total. The zero-order valence-electron chi connectivity index (χ0n) is 19.4. The zero-order chi connectivity index (χ0) is 25.7. The molecule has 0 aliphatic heterocycles. The number of halogens is 2. The number of nitrogens with zero attached hydrogens (tertiary/aromatic N) is 3. The lowest BCUT2D eigenvalue weighted by Crippen LogP contribution is -2.17. The van der Waals surface area contributed by atoms with E-state index in [0.717, 1.165) is 22.7 Å². The van der Waals surface area contributed by atoms with Crippen molar-refractivity contribution in [2.75, 3.05) is 10.5 Å². The molecule has 5 aromatic rings. The molecule has 6 rings (SSSR count). The maximum atomic E-state index is 14.7. The van der Waals surface area contributed by atoms with Gasteiger partial charge >= 0.3 is 0 Å². The Morgan fingerprint density at radius 1 is 0.892 bits per heavy atom. The van der Waals surface area contributed by atoms with Crippen LogP contribution in [0.3, 0.4) is 0 Å². The topological polar surface area (TPSA) is 103 Å². The molecule has 0 amide bonds. The summed E-state index contributed by atoms with van der Waals surface area (Å²) in [6.45, 7) is 0. The molecular formula is C27H21F2N5O2S. The van der Waals surface area contributed by atoms with Crippen molar-refractivity contribution in [1.82, 2.24) is 14.5 Å². The van der Waals surface area contributed by atoms with Crippen molar-refractivity contribution >= 4 is 32.6 Å². The third-order valence-corrected chi connectivity index (χ3v) is 8.19. The van der Waals surface area contributed by atoms with Gasteiger partial charge in [-0.1, -0.05) is 6.07 Å². The Balaban J connectivity index is 1.47. The van der Waals surface area contributed by atoms with Gasteiger partial charge in [0.2, 0.25) is 10.0 Å². The van der Waals surface area contributed by atoms with E-state index in [-0.39, 0.29) is 11.3 Å². The first-order chi connectivity index (χ1) is 17.8. The van der Waals surface area contributed by atoms with Gasteiger partial charge in [-0.3, -0.25) is 9.29 Å². The highest BCUT2D eigenvalue weighted by atomic mass is 32.2. The first kappa shape index (κ1) is 23.1. The van der Waals surface area contributed by atoms with Crippen LogP contribution in [0.2, 0.25) is 0 Å². The van der Waals surface area contributed by atoms with Crippen LogP contribution in [0.5, 0.6) is 0 Å². The fourth-order valence-corrected chi connectivity index (χ4v) is 5.71. The summed E-state index contributed by atoms with van der Waals surface area (Å²) in [4.78, 5) is 8.56. The number of hydrogen-bond donors (Lipinski definition) is 2. The van der Waals surface area contributed by atoms with Crippen LogP contribution < -0.4 is 10.5 Å². The van der Waals surface area contributed by atoms with Gasteiger partial charge in [0.1, 0.15) is 23.8 Å². The van der Waals surface area contributed by atoms with E-state index in [9.17, 15) is 17.2 Å². The van der Waals surface area contributed by atoms with Crippen molar-refractivity contribution in [3.8, 4) is 27.9 Å². The Morgan fingerprint density at radius 2 is 1.70 bits per heavy atom. The van der Waals surface area contributed by atoms with Crippen molar-refractivity contribution in [1.29, 1.82) is 0 Å². The van der Waals surface area contributed by atoms with Crippen LogP contribution in [0.15, 0.2) is 79.3 Å². The summed E-state index contributed by atoms with van der Waals surface area (Å²) < 4.78 is 58.0. The van der Waals surface area contributed by atoms with Gasteiger partial charge in [0, 0.05) is 23.5 Å². The maximum Gasteiger partial charge on any atom is 0.235 e. The summed E-state index contributed by atoms with van der Waals surface area (Å²) in [6, 6.07) is 17.6. The van der Waals surface area contributed by atoms with Gasteiger partial charge < -0.3 is 5.73 Å². The number of nitrogen functional groups attached to an aromatic ring is 1. The van der Waals surface area contributed by atoms with Gasteiger partial charge in [-0.25, -0.2) is 27.2 Å². The van der Waals surface area contributed by atoms with Crippen molar-refractivity contribution < 1.29 is 17.2 Å². The molecule has 10 heteroatoms. The SMILES string of the molecule is Nc1cc(-c2ccc3c(c2)ncn3-c2cc(NS(=O)(=O)C3CC3)cc(-c3ccc(F)cc3F)c2)ccn1. The number of fused-ring (bicyclic) bond motifs is 1. The number of nitrogens with one attached hydrogen (secondary N) is 1. The van der Waals surface area contributed by atoms with Crippen LogP contribution in [-0.4, -0.2) is 28.2 Å². The van der Waals surface area contributed by atoms with Crippen LogP contribution in [0.4, 0.5) is 20.3 Å². The summed E-state index contributed by atoms with van der Waals surface area (Å²) >= 11 is 0. The standard InChI is InChI=1S/C27H21F2N5O2S/c28-19-2-5-23(24(29)13-19)18-9-20(33-37(35,36)22-3-4-22)14-21(10-18)34-15-32-25-11-16(1-6-26(25)34)17-7-8-31-27(30)12-17/h1-2,5-15,22,33H,3-4H2,(H2,30,31). The van der Waals surface area contributed by atoms with Gasteiger partial charge in [0.15, 0.2) is 0 Å². The fourth-order valence-electron chi connectivity index (χ4n) is 4.34. The van der Waals surface area contributed by atoms with Crippen molar-refractivity contribution in [2.24, 2.45) is 0 Å². The summed E-state index contributed by atoms with van der Waals surface area (Å²) in [6.07, 6.45) is 4.46. The molecule has 0 atom stereocenters. The Kier molecular flexibility index (Phi) is 5.41. The lowest BCUT2D eigenvalue weighted by molar-refractivity contribution is 0.585. The van der Waals surface area contributed by atoms with Crippen molar-refractivity contribution in [3.63, 3.8) is 0 Å². The average molecular weight is 518 g/mol. The largest absolute Gasteiger partial charge is 0.384 e. The molecule has 1 fully saturated rings. The second-order valence-electron chi connectivity index (χ2n) is 9.03. The van der Waals surface area contributed by atoms with E-state index < -0.39 is 26.9 Å². The first-order valence-corrected chi connectivity index (χ1v) is 13.1. The van der Waals surface area contributed by atoms with Crippen molar-refractivity contribution in [2.45, 2.75) is 18.1 Å². The molecule has 0 bridgehead atoms. The highest BCUT2D eigenvalue weighted by Gasteiger charge is 2.35. The molecule has 0 unspecified atom stereocenters. The molecule has 0 spiro atoms. The maximum absolute atomic E-state index is 14.7. The summed E-state index contributed by atoms with van der Waals surface area (Å²) in [5, 5.41) is -0.433. The van der Waals surface area contributed by atoms with E-state index in [1.165, 1.54) is 12.1 Å². The number of benzene rings is 3. The summed E-state index contributed by atoms with van der Waals surface area (Å²) in [5.74, 6) is -1.03. The van der Waals surface area contributed by atoms with Crippen LogP contribution in [-0.2, 0) is 10.0 Å². The third kappa shape index (κ3) is 4.51. The van der Waals surface area contributed by atoms with Gasteiger partial charge in [0.25, 0.3) is 0 Å². The quantitative estimate of drug-likeness (QED) is 0.309. The molecule has 186 valence electrons. The van der Waals surface area contributed by atoms with Crippen LogP contribution in [0.1, 0.15) is 12.8 Å². The van der Waals surface area contributed by atoms with E-state index in [2.05, 4.69) is 14.7 Å². The molecule has 1 aliphatic rings. The minimum absolute atomic E-state index is 0.150. The first-order valence-electron chi connectivity index (χ1n) is 11.6. The molecule has 2 heterocycles. The van der Waals surface area contributed by atoms with Crippen LogP contribution in [0, 0.1) is 11.6 Å². The van der Waals surface area contributed by atoms with Gasteiger partial charge in [-0.15, -0.1) is 0 Å².